The van der Waals surface area contributed by atoms with Gasteiger partial charge < -0.3 is 4.74 Å². The van der Waals surface area contributed by atoms with Crippen LogP contribution in [0.25, 0.3) is 5.52 Å². The van der Waals surface area contributed by atoms with E-state index in [1.807, 2.05) is 0 Å². The van der Waals surface area contributed by atoms with E-state index in [-0.39, 0.29) is 5.75 Å². The fraction of sp³-hybridized carbons (Fsp3) is 0.111. The summed E-state index contributed by atoms with van der Waals surface area (Å²) in [6, 6.07) is 5.08. The Bertz CT molecular complexity index is 582. The third-order valence-corrected chi connectivity index (χ3v) is 1.94. The molecular weight excluding hydrogens is 184 g/mol. The van der Waals surface area contributed by atoms with Gasteiger partial charge in [-0.05, 0) is 12.1 Å². The van der Waals surface area contributed by atoms with Gasteiger partial charge in [-0.3, -0.25) is 14.2 Å². The van der Waals surface area contributed by atoms with Crippen LogP contribution in [0.4, 0.5) is 0 Å². The van der Waals surface area contributed by atoms with E-state index in [0.717, 1.165) is 0 Å². The number of hydrogen-bond donors (Lipinski definition) is 1. The number of fused-ring (bicyclic) bond motifs is 1. The number of nitrogens with one attached hydrogen (secondary N) is 1. The zero-order valence-electron chi connectivity index (χ0n) is 7.48. The highest BCUT2D eigenvalue weighted by atomic mass is 16.5. The van der Waals surface area contributed by atoms with Crippen molar-refractivity contribution >= 4 is 5.52 Å². The number of ether oxygens (including phenoxy) is 1. The lowest BCUT2D eigenvalue weighted by Crippen LogP contribution is -2.26. The Balaban J connectivity index is 3.06. The summed E-state index contributed by atoms with van der Waals surface area (Å²) in [7, 11) is 1.39. The van der Waals surface area contributed by atoms with E-state index in [2.05, 4.69) is 4.98 Å². The number of rotatable bonds is 1. The van der Waals surface area contributed by atoms with Gasteiger partial charge in [-0.15, -0.1) is 0 Å². The van der Waals surface area contributed by atoms with Gasteiger partial charge >= 0.3 is 5.69 Å². The highest BCUT2D eigenvalue weighted by Gasteiger charge is 2.06. The van der Waals surface area contributed by atoms with Crippen molar-refractivity contribution in [1.82, 2.24) is 9.38 Å². The Morgan fingerprint density at radius 1 is 1.36 bits per heavy atom. The highest BCUT2D eigenvalue weighted by molar-refractivity contribution is 5.57. The lowest BCUT2D eigenvalue weighted by atomic mass is 10.3. The molecule has 0 aromatic carbocycles. The third-order valence-electron chi connectivity index (χ3n) is 1.94. The molecule has 0 atom stereocenters. The van der Waals surface area contributed by atoms with Crippen LogP contribution in [-0.2, 0) is 0 Å². The molecule has 2 heterocycles. The van der Waals surface area contributed by atoms with Gasteiger partial charge in [0, 0.05) is 6.20 Å². The van der Waals surface area contributed by atoms with Gasteiger partial charge in [-0.2, -0.15) is 0 Å². The number of hydrogen-bond acceptors (Lipinski definition) is 3. The van der Waals surface area contributed by atoms with Gasteiger partial charge in [0.2, 0.25) is 5.75 Å². The standard InChI is InChI=1S/C9H8N2O3/c1-14-7-6-4-2-3-5-11(6)9(13)10-8(7)12/h2-5H,1H3,(H,10,12,13). The number of aromatic nitrogens is 2. The molecule has 0 spiro atoms. The fourth-order valence-corrected chi connectivity index (χ4v) is 1.33. The van der Waals surface area contributed by atoms with Crippen molar-refractivity contribution in [1.29, 1.82) is 0 Å². The maximum atomic E-state index is 11.3. The van der Waals surface area contributed by atoms with Crippen molar-refractivity contribution in [3.8, 4) is 5.75 Å². The van der Waals surface area contributed by atoms with Crippen LogP contribution in [0.2, 0.25) is 0 Å². The Labute approximate surface area is 78.6 Å². The molecule has 2 aromatic heterocycles. The first-order valence-corrected chi connectivity index (χ1v) is 4.01. The van der Waals surface area contributed by atoms with E-state index in [1.54, 1.807) is 24.4 Å². The van der Waals surface area contributed by atoms with Crippen LogP contribution in [0.5, 0.6) is 5.75 Å². The third kappa shape index (κ3) is 1.10. The molecule has 14 heavy (non-hydrogen) atoms. The maximum absolute atomic E-state index is 11.3. The Morgan fingerprint density at radius 3 is 2.86 bits per heavy atom. The molecule has 72 valence electrons. The van der Waals surface area contributed by atoms with Crippen LogP contribution in [0, 0.1) is 0 Å². The van der Waals surface area contributed by atoms with Crippen LogP contribution < -0.4 is 16.0 Å². The largest absolute Gasteiger partial charge is 0.490 e. The Morgan fingerprint density at radius 2 is 2.14 bits per heavy atom. The van der Waals surface area contributed by atoms with E-state index in [0.29, 0.717) is 5.52 Å². The average molecular weight is 192 g/mol. The summed E-state index contributed by atoms with van der Waals surface area (Å²) in [4.78, 5) is 24.8. The normalized spacial score (nSPS) is 10.4. The van der Waals surface area contributed by atoms with Crippen LogP contribution in [0.1, 0.15) is 0 Å². The second-order valence-corrected chi connectivity index (χ2v) is 2.75. The molecule has 5 nitrogen and oxygen atoms in total. The van der Waals surface area contributed by atoms with Crippen LogP contribution >= 0.6 is 0 Å². The monoisotopic (exact) mass is 192 g/mol. The maximum Gasteiger partial charge on any atom is 0.333 e. The molecule has 0 aliphatic carbocycles. The zero-order valence-corrected chi connectivity index (χ0v) is 7.48. The molecular formula is C9H8N2O3. The zero-order chi connectivity index (χ0) is 10.1. The summed E-state index contributed by atoms with van der Waals surface area (Å²) >= 11 is 0. The Kier molecular flexibility index (Phi) is 1.85. The van der Waals surface area contributed by atoms with E-state index >= 15 is 0 Å². The van der Waals surface area contributed by atoms with E-state index in [4.69, 9.17) is 4.74 Å². The van der Waals surface area contributed by atoms with Gasteiger partial charge in [0.05, 0.1) is 12.6 Å². The van der Waals surface area contributed by atoms with Crippen LogP contribution in [0.15, 0.2) is 34.0 Å². The van der Waals surface area contributed by atoms with E-state index in [1.165, 1.54) is 11.5 Å². The molecule has 0 unspecified atom stereocenters. The number of H-pyrrole nitrogens is 1. The SMILES string of the molecule is COc1c(=O)[nH]c(=O)n2ccccc12. The second-order valence-electron chi connectivity index (χ2n) is 2.75. The minimum absolute atomic E-state index is 0.144. The van der Waals surface area contributed by atoms with Crippen LogP contribution in [0.3, 0.4) is 0 Å². The molecule has 2 aromatic rings. The van der Waals surface area contributed by atoms with Gasteiger partial charge in [0.1, 0.15) is 0 Å². The lowest BCUT2D eigenvalue weighted by Gasteiger charge is -2.03. The molecule has 0 radical (unpaired) electrons. The molecule has 0 saturated carbocycles. The molecule has 0 aliphatic heterocycles. The van der Waals surface area contributed by atoms with E-state index < -0.39 is 11.2 Å². The van der Waals surface area contributed by atoms with Crippen LogP contribution in [-0.4, -0.2) is 16.5 Å². The van der Waals surface area contributed by atoms with Crippen molar-refractivity contribution in [3.05, 3.63) is 45.2 Å². The summed E-state index contributed by atoms with van der Waals surface area (Å²) in [6.07, 6.45) is 1.57. The predicted molar refractivity (Wildman–Crippen MR) is 50.8 cm³/mol. The topological polar surface area (TPSA) is 63.6 Å². The van der Waals surface area contributed by atoms with Gasteiger partial charge in [-0.1, -0.05) is 6.07 Å². The smallest absolute Gasteiger partial charge is 0.333 e. The van der Waals surface area contributed by atoms with Crippen molar-refractivity contribution in [2.45, 2.75) is 0 Å². The summed E-state index contributed by atoms with van der Waals surface area (Å²) in [5, 5.41) is 0. The summed E-state index contributed by atoms with van der Waals surface area (Å²) in [5.74, 6) is 0.144. The Hall–Kier alpha value is -2.04. The number of nitrogens with zero attached hydrogens (tertiary/aromatic N) is 1. The summed E-state index contributed by atoms with van der Waals surface area (Å²) in [5.41, 5.74) is -0.515. The minimum Gasteiger partial charge on any atom is -0.490 e. The highest BCUT2D eigenvalue weighted by Crippen LogP contribution is 2.10. The summed E-state index contributed by atoms with van der Waals surface area (Å²) < 4.78 is 6.23. The second kappa shape index (κ2) is 3.02. The number of pyridine rings is 1. The first-order valence-electron chi connectivity index (χ1n) is 4.01. The molecule has 5 heteroatoms. The average Bonchev–Trinajstić information content (AvgIpc) is 2.18. The van der Waals surface area contributed by atoms with Crippen molar-refractivity contribution in [3.63, 3.8) is 0 Å². The minimum atomic E-state index is -0.510. The molecule has 0 saturated heterocycles. The lowest BCUT2D eigenvalue weighted by molar-refractivity contribution is 0.410. The van der Waals surface area contributed by atoms with Crippen molar-refractivity contribution in [2.24, 2.45) is 0 Å². The van der Waals surface area contributed by atoms with Crippen molar-refractivity contribution < 1.29 is 4.74 Å². The van der Waals surface area contributed by atoms with Crippen molar-refractivity contribution in [2.75, 3.05) is 7.11 Å². The number of methoxy groups -OCH3 is 1. The quantitative estimate of drug-likeness (QED) is 0.691. The molecule has 1 N–H and O–H groups in total. The van der Waals surface area contributed by atoms with Gasteiger partial charge in [0.25, 0.3) is 5.56 Å². The molecule has 2 rings (SSSR count). The fourth-order valence-electron chi connectivity index (χ4n) is 1.33. The summed E-state index contributed by atoms with van der Waals surface area (Å²) in [6.45, 7) is 0. The molecule has 0 fully saturated rings. The predicted octanol–water partition coefficient (Wildman–Crippen LogP) is -0.00360. The van der Waals surface area contributed by atoms with Gasteiger partial charge in [-0.25, -0.2) is 4.79 Å². The van der Waals surface area contributed by atoms with E-state index in [9.17, 15) is 9.59 Å². The molecule has 0 amide bonds. The first-order chi connectivity index (χ1) is 6.74. The first kappa shape index (κ1) is 8.55. The number of aromatic amines is 1. The van der Waals surface area contributed by atoms with Gasteiger partial charge in [0.15, 0.2) is 0 Å². The molecule has 0 aliphatic rings. The molecule has 0 bridgehead atoms.